The van der Waals surface area contributed by atoms with Crippen LogP contribution in [-0.4, -0.2) is 47.2 Å². The number of anilines is 1. The Hall–Kier alpha value is -2.47. The first-order valence-electron chi connectivity index (χ1n) is 10.1. The first-order valence-corrected chi connectivity index (χ1v) is 10.1. The highest BCUT2D eigenvalue weighted by molar-refractivity contribution is 5.78. The molecule has 146 valence electrons. The maximum Gasteiger partial charge on any atom is 0.225 e. The summed E-state index contributed by atoms with van der Waals surface area (Å²) in [4.78, 5) is 23.5. The molecule has 5 rings (SSSR count). The fraction of sp³-hybridized carbons (Fsp3) is 0.500. The topological polar surface area (TPSA) is 67.4 Å². The van der Waals surface area contributed by atoms with Crippen molar-refractivity contribution in [2.45, 2.75) is 37.9 Å². The SMILES string of the molecule is Cc1cccc(CC(=O)NC[C@H]2[C@H]3CN(c4ncccn4)C[C@]34CC[C@H]2O4)c1. The number of nitrogens with one attached hydrogen (secondary N) is 1. The van der Waals surface area contributed by atoms with E-state index in [0.29, 0.717) is 24.8 Å². The number of rotatable bonds is 5. The van der Waals surface area contributed by atoms with E-state index < -0.39 is 0 Å². The molecule has 2 bridgehead atoms. The van der Waals surface area contributed by atoms with Crippen LogP contribution in [0.5, 0.6) is 0 Å². The van der Waals surface area contributed by atoms with Crippen molar-refractivity contribution in [1.82, 2.24) is 15.3 Å². The minimum Gasteiger partial charge on any atom is -0.369 e. The van der Waals surface area contributed by atoms with Gasteiger partial charge in [0.25, 0.3) is 0 Å². The Kier molecular flexibility index (Phi) is 4.31. The first kappa shape index (κ1) is 17.6. The number of nitrogens with zero attached hydrogens (tertiary/aromatic N) is 3. The molecule has 2 aromatic rings. The summed E-state index contributed by atoms with van der Waals surface area (Å²) < 4.78 is 6.47. The first-order chi connectivity index (χ1) is 13.6. The van der Waals surface area contributed by atoms with Crippen LogP contribution < -0.4 is 10.2 Å². The van der Waals surface area contributed by atoms with Gasteiger partial charge in [-0.3, -0.25) is 4.79 Å². The zero-order valence-corrected chi connectivity index (χ0v) is 16.2. The third-order valence-electron chi connectivity index (χ3n) is 6.60. The van der Waals surface area contributed by atoms with Crippen LogP contribution in [0.15, 0.2) is 42.7 Å². The number of hydrogen-bond donors (Lipinski definition) is 1. The zero-order valence-electron chi connectivity index (χ0n) is 16.2. The van der Waals surface area contributed by atoms with Gasteiger partial charge in [-0.05, 0) is 31.4 Å². The lowest BCUT2D eigenvalue weighted by molar-refractivity contribution is -0.120. The fourth-order valence-corrected chi connectivity index (χ4v) is 5.37. The molecule has 1 aromatic carbocycles. The molecular weight excluding hydrogens is 352 g/mol. The molecule has 3 aliphatic heterocycles. The van der Waals surface area contributed by atoms with Crippen molar-refractivity contribution in [2.24, 2.45) is 11.8 Å². The zero-order chi connectivity index (χ0) is 19.1. The monoisotopic (exact) mass is 378 g/mol. The summed E-state index contributed by atoms with van der Waals surface area (Å²) in [5.74, 6) is 1.66. The van der Waals surface area contributed by atoms with Gasteiger partial charge in [-0.2, -0.15) is 0 Å². The molecule has 0 saturated carbocycles. The van der Waals surface area contributed by atoms with Gasteiger partial charge in [-0.15, -0.1) is 0 Å². The molecular formula is C22H26N4O2. The van der Waals surface area contributed by atoms with E-state index >= 15 is 0 Å². The molecule has 6 heteroatoms. The van der Waals surface area contributed by atoms with Crippen LogP contribution in [0, 0.1) is 18.8 Å². The highest BCUT2D eigenvalue weighted by atomic mass is 16.5. The summed E-state index contributed by atoms with van der Waals surface area (Å²) in [6.07, 6.45) is 6.45. The average molecular weight is 378 g/mol. The number of aryl methyl sites for hydroxylation is 1. The van der Waals surface area contributed by atoms with Gasteiger partial charge in [0.15, 0.2) is 0 Å². The van der Waals surface area contributed by atoms with Crippen molar-refractivity contribution >= 4 is 11.9 Å². The van der Waals surface area contributed by atoms with Gasteiger partial charge in [0.2, 0.25) is 11.9 Å². The van der Waals surface area contributed by atoms with E-state index in [0.717, 1.165) is 37.4 Å². The van der Waals surface area contributed by atoms with Crippen LogP contribution in [0.4, 0.5) is 5.95 Å². The highest BCUT2D eigenvalue weighted by Crippen LogP contribution is 2.54. The third kappa shape index (κ3) is 3.05. The summed E-state index contributed by atoms with van der Waals surface area (Å²) >= 11 is 0. The Bertz CT molecular complexity index is 874. The Morgan fingerprint density at radius 1 is 1.32 bits per heavy atom. The number of carbonyl (C=O) groups excluding carboxylic acids is 1. The Balaban J connectivity index is 1.23. The van der Waals surface area contributed by atoms with Gasteiger partial charge in [0.1, 0.15) is 0 Å². The van der Waals surface area contributed by atoms with E-state index in [9.17, 15) is 4.79 Å². The standard InChI is InChI=1S/C22H26N4O2/c1-15-4-2-5-16(10-15)11-20(27)25-12-17-18-13-26(21-23-8-3-9-24-21)14-22(18)7-6-19(17)28-22/h2-5,8-10,17-19H,6-7,11-14H2,1H3,(H,25,27)/t17-,18+,19+,22+/m0/s1. The van der Waals surface area contributed by atoms with E-state index in [1.165, 1.54) is 5.56 Å². The summed E-state index contributed by atoms with van der Waals surface area (Å²) in [5, 5.41) is 3.17. The minimum absolute atomic E-state index is 0.0867. The molecule has 4 atom stereocenters. The van der Waals surface area contributed by atoms with Crippen molar-refractivity contribution in [1.29, 1.82) is 0 Å². The molecule has 3 aliphatic rings. The van der Waals surface area contributed by atoms with Gasteiger partial charge in [-0.25, -0.2) is 9.97 Å². The number of carbonyl (C=O) groups is 1. The molecule has 6 nitrogen and oxygen atoms in total. The van der Waals surface area contributed by atoms with Crippen LogP contribution in [0.1, 0.15) is 24.0 Å². The highest BCUT2D eigenvalue weighted by Gasteiger charge is 2.63. The molecule has 1 spiro atoms. The van der Waals surface area contributed by atoms with Crippen LogP contribution in [0.2, 0.25) is 0 Å². The molecule has 1 aromatic heterocycles. The summed E-state index contributed by atoms with van der Waals surface area (Å²) in [5.41, 5.74) is 2.16. The quantitative estimate of drug-likeness (QED) is 0.863. The minimum atomic E-state index is -0.0875. The van der Waals surface area contributed by atoms with Crippen LogP contribution in [-0.2, 0) is 16.0 Å². The van der Waals surface area contributed by atoms with Crippen LogP contribution in [0.25, 0.3) is 0 Å². The van der Waals surface area contributed by atoms with Crippen molar-refractivity contribution < 1.29 is 9.53 Å². The summed E-state index contributed by atoms with van der Waals surface area (Å²) in [6, 6.07) is 9.98. The van der Waals surface area contributed by atoms with Crippen LogP contribution >= 0.6 is 0 Å². The molecule has 1 amide bonds. The van der Waals surface area contributed by atoms with Crippen LogP contribution in [0.3, 0.4) is 0 Å². The lowest BCUT2D eigenvalue weighted by Crippen LogP contribution is -2.42. The van der Waals surface area contributed by atoms with Crippen molar-refractivity contribution in [2.75, 3.05) is 24.5 Å². The third-order valence-corrected chi connectivity index (χ3v) is 6.60. The Labute approximate surface area is 165 Å². The molecule has 3 saturated heterocycles. The second-order valence-corrected chi connectivity index (χ2v) is 8.43. The van der Waals surface area contributed by atoms with E-state index in [-0.39, 0.29) is 17.6 Å². The van der Waals surface area contributed by atoms with Crippen molar-refractivity contribution in [3.8, 4) is 0 Å². The molecule has 0 radical (unpaired) electrons. The normalized spacial score (nSPS) is 30.5. The summed E-state index contributed by atoms with van der Waals surface area (Å²) in [6.45, 7) is 4.49. The smallest absolute Gasteiger partial charge is 0.225 e. The second kappa shape index (κ2) is 6.85. The van der Waals surface area contributed by atoms with E-state index in [1.54, 1.807) is 12.4 Å². The van der Waals surface area contributed by atoms with E-state index in [2.05, 4.69) is 39.2 Å². The lowest BCUT2D eigenvalue weighted by Gasteiger charge is -2.29. The number of benzene rings is 1. The Morgan fingerprint density at radius 2 is 2.18 bits per heavy atom. The van der Waals surface area contributed by atoms with E-state index in [4.69, 9.17) is 4.74 Å². The molecule has 3 fully saturated rings. The molecule has 0 unspecified atom stereocenters. The number of ether oxygens (including phenoxy) is 1. The molecule has 4 heterocycles. The number of amides is 1. The van der Waals surface area contributed by atoms with Gasteiger partial charge >= 0.3 is 0 Å². The molecule has 1 N–H and O–H groups in total. The molecule has 0 aliphatic carbocycles. The Morgan fingerprint density at radius 3 is 3.00 bits per heavy atom. The molecule has 28 heavy (non-hydrogen) atoms. The van der Waals surface area contributed by atoms with Crippen molar-refractivity contribution in [3.63, 3.8) is 0 Å². The van der Waals surface area contributed by atoms with Crippen molar-refractivity contribution in [3.05, 3.63) is 53.9 Å². The predicted octanol–water partition coefficient (Wildman–Crippen LogP) is 2.13. The van der Waals surface area contributed by atoms with Gasteiger partial charge in [0.05, 0.1) is 24.7 Å². The van der Waals surface area contributed by atoms with Gasteiger partial charge < -0.3 is 15.0 Å². The average Bonchev–Trinajstić information content (AvgIpc) is 3.35. The lowest BCUT2D eigenvalue weighted by atomic mass is 9.73. The maximum atomic E-state index is 12.5. The number of hydrogen-bond acceptors (Lipinski definition) is 5. The summed E-state index contributed by atoms with van der Waals surface area (Å²) in [7, 11) is 0. The number of aromatic nitrogens is 2. The van der Waals surface area contributed by atoms with Gasteiger partial charge in [-0.1, -0.05) is 29.8 Å². The predicted molar refractivity (Wildman–Crippen MR) is 106 cm³/mol. The van der Waals surface area contributed by atoms with E-state index in [1.807, 2.05) is 18.2 Å². The fourth-order valence-electron chi connectivity index (χ4n) is 5.37. The second-order valence-electron chi connectivity index (χ2n) is 8.43. The largest absolute Gasteiger partial charge is 0.369 e. The van der Waals surface area contributed by atoms with Gasteiger partial charge in [0, 0.05) is 37.3 Å². The maximum absolute atomic E-state index is 12.5. The number of fused-ring (bicyclic) bond motifs is 1.